The highest BCUT2D eigenvalue weighted by atomic mass is 16.9. The standard InChI is InChI=1S/C28H22N2.H2NO3/c1-29-23-15-7-3-11-19(23)27(20-12-4-8-16-24(20)29)28-21-13-5-9-17-25(21)30(2)26-18-10-6-14-22(26)28;2-1(3)4/h3-18H,1-2H3;(H2,2,3,4)/q+2;+1. The third-order valence-electron chi connectivity index (χ3n) is 6.39. The second-order valence-corrected chi connectivity index (χ2v) is 8.19. The van der Waals surface area contributed by atoms with Crippen LogP contribution < -0.4 is 9.13 Å². The molecule has 166 valence electrons. The summed E-state index contributed by atoms with van der Waals surface area (Å²) in [7, 11) is 4.32. The van der Waals surface area contributed by atoms with Crippen molar-refractivity contribution < 1.29 is 24.6 Å². The molecule has 4 aromatic carbocycles. The Labute approximate surface area is 195 Å². The van der Waals surface area contributed by atoms with Crippen LogP contribution in [-0.4, -0.2) is 15.5 Å². The number of benzene rings is 4. The van der Waals surface area contributed by atoms with Crippen molar-refractivity contribution in [2.24, 2.45) is 14.1 Å². The number of para-hydroxylation sites is 4. The van der Waals surface area contributed by atoms with Gasteiger partial charge < -0.3 is 0 Å². The molecule has 6 rings (SSSR count). The summed E-state index contributed by atoms with van der Waals surface area (Å²) in [5, 5.41) is 17.6. The first-order valence-electron chi connectivity index (χ1n) is 10.9. The van der Waals surface area contributed by atoms with E-state index in [1.807, 2.05) is 0 Å². The first-order valence-corrected chi connectivity index (χ1v) is 10.9. The third-order valence-corrected chi connectivity index (χ3v) is 6.39. The van der Waals surface area contributed by atoms with Crippen molar-refractivity contribution in [3.8, 4) is 11.1 Å². The summed E-state index contributed by atoms with van der Waals surface area (Å²) in [6.45, 7) is 0. The molecule has 0 bridgehead atoms. The molecule has 0 amide bonds. The lowest BCUT2D eigenvalue weighted by atomic mass is 9.90. The molecule has 6 nitrogen and oxygen atoms in total. The molecule has 0 spiro atoms. The maximum absolute atomic E-state index is 8.47. The Bertz CT molecular complexity index is 1490. The van der Waals surface area contributed by atoms with E-state index in [2.05, 4.69) is 120 Å². The van der Waals surface area contributed by atoms with Gasteiger partial charge >= 0.3 is 5.09 Å². The van der Waals surface area contributed by atoms with Crippen LogP contribution in [0.5, 0.6) is 0 Å². The van der Waals surface area contributed by atoms with Gasteiger partial charge in [0.05, 0.1) is 21.5 Å². The molecule has 2 aromatic heterocycles. The average molecular weight is 451 g/mol. The number of rotatable bonds is 1. The van der Waals surface area contributed by atoms with Crippen LogP contribution in [0.2, 0.25) is 0 Å². The maximum atomic E-state index is 8.47. The fraction of sp³-hybridized carbons (Fsp3) is 0.0714. The molecule has 34 heavy (non-hydrogen) atoms. The van der Waals surface area contributed by atoms with Gasteiger partial charge in [-0.3, -0.25) is 0 Å². The molecule has 0 aliphatic heterocycles. The highest BCUT2D eigenvalue weighted by Gasteiger charge is 2.24. The Morgan fingerprint density at radius 2 is 0.706 bits per heavy atom. The van der Waals surface area contributed by atoms with E-state index < -0.39 is 5.09 Å². The van der Waals surface area contributed by atoms with Crippen LogP contribution >= 0.6 is 0 Å². The minimum absolute atomic E-state index is 1.24. The second-order valence-electron chi connectivity index (χ2n) is 8.19. The predicted octanol–water partition coefficient (Wildman–Crippen LogP) is 5.16. The van der Waals surface area contributed by atoms with Crippen LogP contribution in [0.1, 0.15) is 0 Å². The largest absolute Gasteiger partial charge is 0.472 e. The van der Waals surface area contributed by atoms with E-state index in [0.717, 1.165) is 0 Å². The fourth-order valence-electron chi connectivity index (χ4n) is 5.00. The number of aromatic nitrogens is 2. The molecule has 6 aromatic rings. The van der Waals surface area contributed by atoms with Gasteiger partial charge in [0, 0.05) is 35.4 Å². The van der Waals surface area contributed by atoms with Gasteiger partial charge in [0.15, 0.2) is 0 Å². The average Bonchev–Trinajstić information content (AvgIpc) is 2.86. The molecule has 2 N–H and O–H groups in total. The van der Waals surface area contributed by atoms with Crippen molar-refractivity contribution in [1.29, 1.82) is 0 Å². The highest BCUT2D eigenvalue weighted by Crippen LogP contribution is 2.40. The normalized spacial score (nSPS) is 11.0. The van der Waals surface area contributed by atoms with Crippen LogP contribution in [0.15, 0.2) is 97.1 Å². The molecule has 0 aliphatic rings. The molecular formula is C28H24N3O3+3. The summed E-state index contributed by atoms with van der Waals surface area (Å²) in [4.78, 5) is 8.47. The lowest BCUT2D eigenvalue weighted by Gasteiger charge is -2.14. The van der Waals surface area contributed by atoms with Crippen LogP contribution in [0.25, 0.3) is 54.7 Å². The van der Waals surface area contributed by atoms with Crippen LogP contribution in [0.4, 0.5) is 0 Å². The van der Waals surface area contributed by atoms with E-state index in [-0.39, 0.29) is 0 Å². The van der Waals surface area contributed by atoms with Gasteiger partial charge in [-0.1, -0.05) is 48.5 Å². The molecule has 0 unspecified atom stereocenters. The van der Waals surface area contributed by atoms with Crippen molar-refractivity contribution in [1.82, 2.24) is 0 Å². The van der Waals surface area contributed by atoms with Gasteiger partial charge in [-0.15, -0.1) is 0 Å². The summed E-state index contributed by atoms with van der Waals surface area (Å²) in [5.74, 6) is 0. The van der Waals surface area contributed by atoms with Crippen LogP contribution in [-0.2, 0) is 14.1 Å². The van der Waals surface area contributed by atoms with Crippen molar-refractivity contribution in [3.05, 3.63) is 102 Å². The monoisotopic (exact) mass is 450 g/mol. The second kappa shape index (κ2) is 8.41. The van der Waals surface area contributed by atoms with E-state index in [9.17, 15) is 0 Å². The fourth-order valence-corrected chi connectivity index (χ4v) is 5.00. The molecule has 0 saturated carbocycles. The van der Waals surface area contributed by atoms with Crippen molar-refractivity contribution in [2.75, 3.05) is 0 Å². The summed E-state index contributed by atoms with van der Waals surface area (Å²) in [6, 6.07) is 35.0. The third kappa shape index (κ3) is 3.36. The number of fused-ring (bicyclic) bond motifs is 4. The number of pyridine rings is 2. The van der Waals surface area contributed by atoms with Crippen LogP contribution in [0, 0.1) is 4.91 Å². The zero-order valence-electron chi connectivity index (χ0n) is 18.9. The molecule has 0 atom stereocenters. The number of hydrogen-bond acceptors (Lipinski definition) is 1. The van der Waals surface area contributed by atoms with Gasteiger partial charge in [-0.05, 0) is 24.3 Å². The Morgan fingerprint density at radius 3 is 0.941 bits per heavy atom. The number of aryl methyl sites for hydroxylation is 2. The Morgan fingerprint density at radius 1 is 0.500 bits per heavy atom. The molecule has 6 heteroatoms. The summed E-state index contributed by atoms with van der Waals surface area (Å²) in [6.07, 6.45) is 0. The molecular weight excluding hydrogens is 426 g/mol. The minimum Gasteiger partial charge on any atom is -0.201 e. The quantitative estimate of drug-likeness (QED) is 0.207. The summed E-state index contributed by atoms with van der Waals surface area (Å²) in [5.41, 5.74) is 7.60. The van der Waals surface area contributed by atoms with Gasteiger partial charge in [0.1, 0.15) is 19.0 Å². The van der Waals surface area contributed by atoms with E-state index in [1.165, 1.54) is 54.7 Å². The van der Waals surface area contributed by atoms with E-state index in [1.54, 1.807) is 0 Å². The minimum atomic E-state index is -1.25. The van der Waals surface area contributed by atoms with E-state index in [4.69, 9.17) is 15.3 Å². The number of hydrogen-bond donors (Lipinski definition) is 2. The first-order chi connectivity index (χ1) is 16.5. The molecule has 0 radical (unpaired) electrons. The van der Waals surface area contributed by atoms with E-state index in [0.29, 0.717) is 0 Å². The SMILES string of the molecule is C[n+]1c2ccccc2c(-c2c3ccccc3[n+](C)c3ccccc23)c2ccccc21.O=[N+](O)O. The maximum Gasteiger partial charge on any atom is 0.472 e. The number of nitrogens with zero attached hydrogens (tertiary/aromatic N) is 3. The van der Waals surface area contributed by atoms with Gasteiger partial charge in [0.2, 0.25) is 22.1 Å². The predicted molar refractivity (Wildman–Crippen MR) is 131 cm³/mol. The molecule has 0 fully saturated rings. The zero-order valence-corrected chi connectivity index (χ0v) is 18.9. The topological polar surface area (TPSA) is 68.3 Å². The summed E-state index contributed by atoms with van der Waals surface area (Å²) >= 11 is 0. The lowest BCUT2D eigenvalue weighted by molar-refractivity contribution is -0.969. The highest BCUT2D eigenvalue weighted by molar-refractivity contribution is 6.18. The Hall–Kier alpha value is -4.58. The van der Waals surface area contributed by atoms with Crippen molar-refractivity contribution >= 4 is 43.6 Å². The van der Waals surface area contributed by atoms with Crippen molar-refractivity contribution in [2.45, 2.75) is 0 Å². The van der Waals surface area contributed by atoms with Crippen LogP contribution in [0.3, 0.4) is 0 Å². The first kappa shape index (κ1) is 21.3. The van der Waals surface area contributed by atoms with Gasteiger partial charge in [-0.2, -0.15) is 9.13 Å². The summed E-state index contributed by atoms with van der Waals surface area (Å²) < 4.78 is 4.61. The molecule has 0 saturated heterocycles. The van der Waals surface area contributed by atoms with E-state index >= 15 is 0 Å². The molecule has 0 aliphatic carbocycles. The van der Waals surface area contributed by atoms with Gasteiger partial charge in [0.25, 0.3) is 0 Å². The Kier molecular flexibility index (Phi) is 5.26. The van der Waals surface area contributed by atoms with Gasteiger partial charge in [-0.25, -0.2) is 10.4 Å². The lowest BCUT2D eigenvalue weighted by Crippen LogP contribution is -2.31. The Balaban J connectivity index is 0.000000560. The molecule has 2 heterocycles. The van der Waals surface area contributed by atoms with Crippen molar-refractivity contribution in [3.63, 3.8) is 0 Å². The smallest absolute Gasteiger partial charge is 0.201 e. The zero-order chi connectivity index (χ0) is 23.8.